The summed E-state index contributed by atoms with van der Waals surface area (Å²) in [5.74, 6) is 0.826. The van der Waals surface area contributed by atoms with Crippen LogP contribution in [0.15, 0.2) is 237 Å². The molecule has 12 rings (SSSR count). The number of fused-ring (bicyclic) bond motifs is 4. The minimum atomic E-state index is -3.20. The van der Waals surface area contributed by atoms with Crippen molar-refractivity contribution < 1.29 is 26.0 Å². The smallest absolute Gasteiger partial charge is 0.145 e. The van der Waals surface area contributed by atoms with Crippen LogP contribution in [0.2, 0.25) is 0 Å². The van der Waals surface area contributed by atoms with E-state index in [1.165, 1.54) is 21.5 Å². The first-order valence-corrected chi connectivity index (χ1v) is 25.6. The first-order chi connectivity index (χ1) is 33.9. The molecule has 0 saturated carbocycles. The Morgan fingerprint density at radius 1 is 0.486 bits per heavy atom. The molecule has 11 aromatic rings. The van der Waals surface area contributed by atoms with E-state index >= 15 is 0 Å². The minimum Gasteiger partial charge on any atom is -0.319 e. The fourth-order valence-corrected chi connectivity index (χ4v) is 15.0. The van der Waals surface area contributed by atoms with Crippen molar-refractivity contribution in [2.45, 2.75) is 26.3 Å². The van der Waals surface area contributed by atoms with Crippen molar-refractivity contribution in [1.82, 2.24) is 9.55 Å². The maximum atomic E-state index is 5.26. The fourth-order valence-electron chi connectivity index (χ4n) is 10.4. The summed E-state index contributed by atoms with van der Waals surface area (Å²) in [4.78, 5) is 10.5. The molecule has 0 spiro atoms. The van der Waals surface area contributed by atoms with Crippen LogP contribution in [0.3, 0.4) is 0 Å². The van der Waals surface area contributed by atoms with Gasteiger partial charge in [0.05, 0.1) is 0 Å². The van der Waals surface area contributed by atoms with Gasteiger partial charge in [-0.25, -0.2) is 4.98 Å². The predicted molar refractivity (Wildman–Crippen MR) is 289 cm³/mol. The first-order valence-electron chi connectivity index (χ1n) is 23.6. The summed E-state index contributed by atoms with van der Waals surface area (Å²) in [6, 6.07) is 91.1. The SMILES string of the molecule is CC(C)(C)N1[OH+]N(c2[c-]c([Si](c3[c-]c4c(cc3)c3ccccc3n4-c3cc(-c4c(-c5ccccc5)cccc4-c4ccccc4)ccn3)(c3ccccc3)c3ccccc3)ccc2)c2ccccc21.[Pt]. The first kappa shape index (κ1) is 44.9. The molecule has 5 nitrogen and oxygen atoms in total. The van der Waals surface area contributed by atoms with Gasteiger partial charge in [0.25, 0.3) is 0 Å². The maximum Gasteiger partial charge on any atom is 0.145 e. The van der Waals surface area contributed by atoms with Crippen molar-refractivity contribution in [3.63, 3.8) is 0 Å². The number of hydrogen-bond acceptors (Lipinski definition) is 3. The van der Waals surface area contributed by atoms with E-state index in [-0.39, 0.29) is 26.6 Å². The van der Waals surface area contributed by atoms with E-state index in [1.54, 1.807) is 0 Å². The van der Waals surface area contributed by atoms with E-state index < -0.39 is 8.07 Å². The Labute approximate surface area is 425 Å². The molecule has 0 aliphatic carbocycles. The van der Waals surface area contributed by atoms with E-state index in [1.807, 2.05) is 6.20 Å². The number of rotatable bonds is 9. The summed E-state index contributed by atoms with van der Waals surface area (Å²) < 4.78 is 2.32. The Hall–Kier alpha value is -7.60. The number of para-hydroxylation sites is 3. The van der Waals surface area contributed by atoms with Gasteiger partial charge in [-0.05, 0) is 100 Å². The molecule has 342 valence electrons. The molecule has 70 heavy (non-hydrogen) atoms. The standard InChI is InChI=1S/C63H48N4OSi.Pt/c1-63(2,3)67-59-37-19-18-36-58(59)66(68-67)48-26-20-31-51(43-48)69(49-27-12-6-13-28-49,50-29-14-7-15-30-50)52-38-39-56-55-32-16-17-35-57(55)65(60(56)44-52)61-42-47(40-41-64-61)62-53(45-22-8-4-9-23-45)33-21-34-54(62)46-24-10-5-11-25-46;/h4-42H,1-3H3;/q-2;/p+1. The Morgan fingerprint density at radius 3 is 1.69 bits per heavy atom. The van der Waals surface area contributed by atoms with Crippen LogP contribution >= 0.6 is 0 Å². The van der Waals surface area contributed by atoms with Crippen LogP contribution in [0.25, 0.3) is 61.0 Å². The third kappa shape index (κ3) is 7.60. The van der Waals surface area contributed by atoms with Crippen LogP contribution in [-0.4, -0.2) is 28.1 Å². The zero-order chi connectivity index (χ0) is 46.5. The van der Waals surface area contributed by atoms with Crippen molar-refractivity contribution in [2.75, 3.05) is 10.1 Å². The van der Waals surface area contributed by atoms with Gasteiger partial charge >= 0.3 is 0 Å². The molecule has 3 heterocycles. The molecular formula is C63H49N4OPtSi-. The number of nitrogens with zero attached hydrogens (tertiary/aromatic N) is 4. The second-order valence-corrected chi connectivity index (χ2v) is 22.4. The number of hydroxylamine groups is 1. The molecule has 1 aliphatic rings. The third-order valence-corrected chi connectivity index (χ3v) is 18.1. The Bertz CT molecular complexity index is 3550. The second kappa shape index (κ2) is 18.4. The van der Waals surface area contributed by atoms with Crippen molar-refractivity contribution in [2.24, 2.45) is 0 Å². The normalized spacial score (nSPS) is 12.6. The van der Waals surface area contributed by atoms with Crippen molar-refractivity contribution in [3.8, 4) is 39.2 Å². The average Bonchev–Trinajstić information content (AvgIpc) is 3.97. The van der Waals surface area contributed by atoms with Gasteiger partial charge in [-0.1, -0.05) is 175 Å². The molecule has 1 N–H and O–H groups in total. The van der Waals surface area contributed by atoms with Crippen molar-refractivity contribution in [1.29, 1.82) is 0 Å². The summed E-state index contributed by atoms with van der Waals surface area (Å²) in [6.07, 6.45) is 1.96. The van der Waals surface area contributed by atoms with E-state index in [4.69, 9.17) is 9.92 Å². The molecule has 0 radical (unpaired) electrons. The average molecular weight is 1100 g/mol. The molecule has 0 fully saturated rings. The largest absolute Gasteiger partial charge is 0.319 e. The topological polar surface area (TPSA) is 37.1 Å². The van der Waals surface area contributed by atoms with Crippen molar-refractivity contribution >= 4 is 67.7 Å². The van der Waals surface area contributed by atoms with Gasteiger partial charge in [0.1, 0.15) is 30.8 Å². The van der Waals surface area contributed by atoms with Gasteiger partial charge in [-0.15, -0.1) is 21.6 Å². The second-order valence-electron chi connectivity index (χ2n) is 18.7. The van der Waals surface area contributed by atoms with Crippen LogP contribution < -0.4 is 30.9 Å². The van der Waals surface area contributed by atoms with E-state index in [0.717, 1.165) is 77.3 Å². The number of pyridine rings is 1. The molecule has 0 bridgehead atoms. The van der Waals surface area contributed by atoms with Gasteiger partial charge < -0.3 is 4.57 Å². The number of benzene rings is 9. The van der Waals surface area contributed by atoms with Gasteiger partial charge in [0.15, 0.2) is 0 Å². The van der Waals surface area contributed by atoms with Gasteiger partial charge in [0, 0.05) is 38.5 Å². The molecular weight excluding hydrogens is 1050 g/mol. The Morgan fingerprint density at radius 2 is 1.04 bits per heavy atom. The summed E-state index contributed by atoms with van der Waals surface area (Å²) in [5.41, 5.74) is 11.7. The molecule has 9 aromatic carbocycles. The summed E-state index contributed by atoms with van der Waals surface area (Å²) in [5, 5.41) is 11.2. The zero-order valence-corrected chi connectivity index (χ0v) is 42.3. The quantitative estimate of drug-likeness (QED) is 0.0626. The molecule has 0 unspecified atom stereocenters. The van der Waals surface area contributed by atoms with E-state index in [0.29, 0.717) is 0 Å². The summed E-state index contributed by atoms with van der Waals surface area (Å²) in [6.45, 7) is 6.59. The van der Waals surface area contributed by atoms with Crippen LogP contribution in [-0.2, 0) is 21.1 Å². The van der Waals surface area contributed by atoms with Crippen LogP contribution in [0.4, 0.5) is 17.1 Å². The number of aromatic nitrogens is 2. The predicted octanol–water partition coefficient (Wildman–Crippen LogP) is 12.8. The van der Waals surface area contributed by atoms with Gasteiger partial charge in [-0.2, -0.15) is 51.7 Å². The number of hydrogen-bond donors (Lipinski definition) is 0. The zero-order valence-electron chi connectivity index (χ0n) is 39.1. The third-order valence-electron chi connectivity index (χ3n) is 13.5. The molecule has 0 amide bonds. The molecule has 2 aromatic heterocycles. The van der Waals surface area contributed by atoms with Gasteiger partial charge in [-0.3, -0.25) is 0 Å². The van der Waals surface area contributed by atoms with Crippen LogP contribution in [0, 0.1) is 12.1 Å². The van der Waals surface area contributed by atoms with Crippen LogP contribution in [0.1, 0.15) is 20.8 Å². The minimum absolute atomic E-state index is 0. The fraction of sp³-hybridized carbons (Fsp3) is 0.0635. The molecule has 1 aliphatic heterocycles. The number of anilines is 3. The van der Waals surface area contributed by atoms with Gasteiger partial charge in [0.2, 0.25) is 0 Å². The van der Waals surface area contributed by atoms with Crippen molar-refractivity contribution in [3.05, 3.63) is 249 Å². The Balaban J connectivity index is 0.00000533. The molecule has 0 saturated heterocycles. The van der Waals surface area contributed by atoms with Crippen LogP contribution in [0.5, 0.6) is 0 Å². The molecule has 7 heteroatoms. The maximum absolute atomic E-state index is 5.26. The monoisotopic (exact) mass is 1100 g/mol. The summed E-state index contributed by atoms with van der Waals surface area (Å²) in [7, 11) is -3.20. The van der Waals surface area contributed by atoms with E-state index in [2.05, 4.69) is 278 Å². The Kier molecular flexibility index (Phi) is 11.8. The van der Waals surface area contributed by atoms with E-state index in [9.17, 15) is 0 Å². The molecule has 0 atom stereocenters. The summed E-state index contributed by atoms with van der Waals surface area (Å²) >= 11 is 0.